The fourth-order valence-corrected chi connectivity index (χ4v) is 4.98. The number of amides is 1. The predicted octanol–water partition coefficient (Wildman–Crippen LogP) is 6.59. The third kappa shape index (κ3) is 3.25. The number of aryl methyl sites for hydroxylation is 2. The van der Waals surface area contributed by atoms with E-state index in [0.29, 0.717) is 0 Å². The molecule has 0 spiro atoms. The summed E-state index contributed by atoms with van der Waals surface area (Å²) in [5.74, 6) is 0.819. The van der Waals surface area contributed by atoms with Gasteiger partial charge in [-0.3, -0.25) is 9.69 Å². The largest absolute Gasteiger partial charge is 0.497 e. The van der Waals surface area contributed by atoms with E-state index >= 15 is 0 Å². The average Bonchev–Trinajstić information content (AvgIpc) is 3.25. The van der Waals surface area contributed by atoms with Crippen LogP contribution in [0.3, 0.4) is 0 Å². The highest BCUT2D eigenvalue weighted by Gasteiger charge is 2.40. The number of methoxy groups -OCH3 is 1. The minimum Gasteiger partial charge on any atom is -0.497 e. The van der Waals surface area contributed by atoms with E-state index in [1.807, 2.05) is 36.1 Å². The lowest BCUT2D eigenvalue weighted by molar-refractivity contribution is -0.114. The lowest BCUT2D eigenvalue weighted by Crippen LogP contribution is -2.30. The van der Waals surface area contributed by atoms with Gasteiger partial charge in [-0.05, 0) is 62.2 Å². The van der Waals surface area contributed by atoms with Crippen LogP contribution in [-0.2, 0) is 11.8 Å². The van der Waals surface area contributed by atoms with Crippen LogP contribution in [0.25, 0.3) is 22.2 Å². The molecular formula is C29H28N2O2. The van der Waals surface area contributed by atoms with Gasteiger partial charge in [-0.2, -0.15) is 0 Å². The molecule has 1 aromatic heterocycles. The molecule has 5 rings (SSSR count). The van der Waals surface area contributed by atoms with Crippen molar-refractivity contribution < 1.29 is 9.53 Å². The maximum absolute atomic E-state index is 13.5. The summed E-state index contributed by atoms with van der Waals surface area (Å²) in [6.45, 7) is 6.12. The molecular weight excluding hydrogens is 408 g/mol. The first-order chi connectivity index (χ1) is 15.9. The van der Waals surface area contributed by atoms with Gasteiger partial charge in [-0.15, -0.1) is 0 Å². The molecule has 1 amide bonds. The highest BCUT2D eigenvalue weighted by atomic mass is 16.5. The lowest BCUT2D eigenvalue weighted by Gasteiger charge is -2.28. The number of anilines is 1. The number of ether oxygens (including phenoxy) is 1. The van der Waals surface area contributed by atoms with Gasteiger partial charge in [0, 0.05) is 34.8 Å². The number of benzene rings is 3. The number of para-hydroxylation sites is 1. The third-order valence-electron chi connectivity index (χ3n) is 6.89. The summed E-state index contributed by atoms with van der Waals surface area (Å²) in [5, 5.41) is 1.17. The second kappa shape index (κ2) is 7.96. The number of nitrogens with zero attached hydrogens (tertiary/aromatic N) is 2. The molecule has 4 nitrogen and oxygen atoms in total. The zero-order valence-electron chi connectivity index (χ0n) is 19.7. The molecule has 166 valence electrons. The Morgan fingerprint density at radius 2 is 1.52 bits per heavy atom. The Morgan fingerprint density at radius 3 is 2.18 bits per heavy atom. The van der Waals surface area contributed by atoms with Crippen molar-refractivity contribution in [2.75, 3.05) is 12.0 Å². The number of fused-ring (bicyclic) bond motifs is 1. The van der Waals surface area contributed by atoms with E-state index in [1.54, 1.807) is 7.11 Å². The first-order valence-electron chi connectivity index (χ1n) is 11.2. The number of carbonyl (C=O) groups is 1. The van der Waals surface area contributed by atoms with Crippen LogP contribution in [0.15, 0.2) is 83.9 Å². The fourth-order valence-electron chi connectivity index (χ4n) is 4.98. The zero-order chi connectivity index (χ0) is 23.3. The van der Waals surface area contributed by atoms with Gasteiger partial charge in [0.05, 0.1) is 18.8 Å². The summed E-state index contributed by atoms with van der Waals surface area (Å²) < 4.78 is 7.60. The van der Waals surface area contributed by atoms with Gasteiger partial charge in [-0.25, -0.2) is 0 Å². The summed E-state index contributed by atoms with van der Waals surface area (Å²) in [6.07, 6.45) is 0. The highest BCUT2D eigenvalue weighted by molar-refractivity contribution is 6.11. The molecule has 33 heavy (non-hydrogen) atoms. The number of hydrogen-bond acceptors (Lipinski definition) is 2. The number of aromatic nitrogens is 1. The van der Waals surface area contributed by atoms with Crippen molar-refractivity contribution in [1.29, 1.82) is 0 Å². The molecule has 1 atom stereocenters. The molecule has 1 aliphatic heterocycles. The summed E-state index contributed by atoms with van der Waals surface area (Å²) in [4.78, 5) is 15.5. The summed E-state index contributed by atoms with van der Waals surface area (Å²) in [7, 11) is 3.76. The van der Waals surface area contributed by atoms with E-state index in [2.05, 4.69) is 74.0 Å². The van der Waals surface area contributed by atoms with Gasteiger partial charge in [0.15, 0.2) is 0 Å². The van der Waals surface area contributed by atoms with Crippen LogP contribution in [0.2, 0.25) is 0 Å². The van der Waals surface area contributed by atoms with Crippen LogP contribution in [0.1, 0.15) is 31.0 Å². The van der Waals surface area contributed by atoms with Crippen LogP contribution in [0, 0.1) is 6.92 Å². The van der Waals surface area contributed by atoms with Gasteiger partial charge < -0.3 is 9.30 Å². The molecule has 0 bridgehead atoms. The summed E-state index contributed by atoms with van der Waals surface area (Å²) in [5.41, 5.74) is 8.58. The van der Waals surface area contributed by atoms with Crippen molar-refractivity contribution in [2.24, 2.45) is 7.05 Å². The van der Waals surface area contributed by atoms with Gasteiger partial charge >= 0.3 is 0 Å². The second-order valence-electron chi connectivity index (χ2n) is 8.79. The molecule has 0 radical (unpaired) electrons. The SMILES string of the molecule is COc1ccc(N2C(=O)C(C)=C(C)C2c2c(-c3ccc(C)cc3)n(C)c3ccccc23)cc1. The first kappa shape index (κ1) is 21.1. The Bertz CT molecular complexity index is 1390. The fraction of sp³-hybridized carbons (Fsp3) is 0.207. The smallest absolute Gasteiger partial charge is 0.254 e. The minimum atomic E-state index is -0.187. The monoisotopic (exact) mass is 436 g/mol. The van der Waals surface area contributed by atoms with Crippen molar-refractivity contribution in [3.05, 3.63) is 95.1 Å². The van der Waals surface area contributed by atoms with Crippen molar-refractivity contribution in [2.45, 2.75) is 26.8 Å². The Balaban J connectivity index is 1.79. The third-order valence-corrected chi connectivity index (χ3v) is 6.89. The molecule has 0 fully saturated rings. The summed E-state index contributed by atoms with van der Waals surface area (Å²) >= 11 is 0. The average molecular weight is 437 g/mol. The Hall–Kier alpha value is -3.79. The Morgan fingerprint density at radius 1 is 0.848 bits per heavy atom. The molecule has 0 aliphatic carbocycles. The molecule has 4 heteroatoms. The molecule has 4 aromatic rings. The van der Waals surface area contributed by atoms with Crippen LogP contribution in [0.4, 0.5) is 5.69 Å². The van der Waals surface area contributed by atoms with Crippen LogP contribution in [-0.4, -0.2) is 17.6 Å². The van der Waals surface area contributed by atoms with Gasteiger partial charge in [0.1, 0.15) is 5.75 Å². The quantitative estimate of drug-likeness (QED) is 0.362. The lowest BCUT2D eigenvalue weighted by atomic mass is 9.93. The maximum atomic E-state index is 13.5. The number of rotatable bonds is 4. The van der Waals surface area contributed by atoms with Crippen molar-refractivity contribution in [3.8, 4) is 17.0 Å². The topological polar surface area (TPSA) is 34.5 Å². The molecule has 0 N–H and O–H groups in total. The molecule has 0 saturated heterocycles. The van der Waals surface area contributed by atoms with Gasteiger partial charge in [0.2, 0.25) is 0 Å². The number of carbonyl (C=O) groups excluding carboxylic acids is 1. The van der Waals surface area contributed by atoms with E-state index in [0.717, 1.165) is 44.9 Å². The number of hydrogen-bond donors (Lipinski definition) is 0. The molecule has 1 aliphatic rings. The van der Waals surface area contributed by atoms with Crippen molar-refractivity contribution in [3.63, 3.8) is 0 Å². The van der Waals surface area contributed by atoms with Crippen LogP contribution >= 0.6 is 0 Å². The second-order valence-corrected chi connectivity index (χ2v) is 8.79. The van der Waals surface area contributed by atoms with E-state index < -0.39 is 0 Å². The zero-order valence-corrected chi connectivity index (χ0v) is 19.7. The van der Waals surface area contributed by atoms with Gasteiger partial charge in [-0.1, -0.05) is 48.0 Å². The van der Waals surface area contributed by atoms with Crippen molar-refractivity contribution >= 4 is 22.5 Å². The maximum Gasteiger partial charge on any atom is 0.254 e. The molecule has 1 unspecified atom stereocenters. The standard InChI is InChI=1S/C29H28N2O2/c1-18-10-12-21(13-11-18)28-26(24-8-6-7-9-25(24)30(28)4)27-19(2)20(3)29(32)31(27)22-14-16-23(33-5)17-15-22/h6-17,27H,1-5H3. The van der Waals surface area contributed by atoms with E-state index in [4.69, 9.17) is 4.74 Å². The normalized spacial score (nSPS) is 16.2. The van der Waals surface area contributed by atoms with Crippen LogP contribution in [0.5, 0.6) is 5.75 Å². The molecule has 3 aromatic carbocycles. The first-order valence-corrected chi connectivity index (χ1v) is 11.2. The van der Waals surface area contributed by atoms with E-state index in [9.17, 15) is 4.79 Å². The molecule has 0 saturated carbocycles. The minimum absolute atomic E-state index is 0.0467. The van der Waals surface area contributed by atoms with Crippen molar-refractivity contribution in [1.82, 2.24) is 4.57 Å². The predicted molar refractivity (Wildman–Crippen MR) is 135 cm³/mol. The Labute approximate surface area is 194 Å². The Kier molecular flexibility index (Phi) is 5.09. The van der Waals surface area contributed by atoms with E-state index in [1.165, 1.54) is 10.9 Å². The van der Waals surface area contributed by atoms with Crippen LogP contribution < -0.4 is 9.64 Å². The summed E-state index contributed by atoms with van der Waals surface area (Å²) in [6, 6.07) is 24.7. The molecule has 2 heterocycles. The highest BCUT2D eigenvalue weighted by Crippen LogP contribution is 2.47. The van der Waals surface area contributed by atoms with E-state index in [-0.39, 0.29) is 11.9 Å². The van der Waals surface area contributed by atoms with Gasteiger partial charge in [0.25, 0.3) is 5.91 Å².